The second-order valence-electron chi connectivity index (χ2n) is 12.1. The lowest BCUT2D eigenvalue weighted by molar-refractivity contribution is 1.06. The summed E-state index contributed by atoms with van der Waals surface area (Å²) in [6, 6.07) is 48.0. The molecule has 50 heavy (non-hydrogen) atoms. The summed E-state index contributed by atoms with van der Waals surface area (Å²) in [5.74, 6) is 1.50. The second-order valence-corrected chi connectivity index (χ2v) is 13.2. The molecule has 0 radical (unpaired) electrons. The molecule has 0 bridgehead atoms. The fourth-order valence-corrected chi connectivity index (χ4v) is 8.14. The van der Waals surface area contributed by atoms with Crippen LogP contribution < -0.4 is 0 Å². The summed E-state index contributed by atoms with van der Waals surface area (Å²) in [6.07, 6.45) is 0. The molecule has 4 nitrogen and oxygen atoms in total. The van der Waals surface area contributed by atoms with Crippen LogP contribution in [0.15, 0.2) is 170 Å². The first-order chi connectivity index (χ1) is 26.4. The average molecular weight is 661 g/mol. The molecule has 0 saturated carbocycles. The molecule has 0 unspecified atom stereocenters. The molecule has 0 atom stereocenters. The van der Waals surface area contributed by atoms with Crippen LogP contribution >= 0.6 is 11.3 Å². The molecule has 0 N–H and O–H groups in total. The molecule has 0 spiro atoms. The zero-order valence-corrected chi connectivity index (χ0v) is 27.4. The number of benzene rings is 7. The van der Waals surface area contributed by atoms with Gasteiger partial charge in [0.25, 0.3) is 0 Å². The molecule has 0 saturated heterocycles. The highest BCUT2D eigenvalue weighted by Crippen LogP contribution is 2.41. The van der Waals surface area contributed by atoms with E-state index in [4.69, 9.17) is 20.4 Å². The standard InChI is InChI=1S/C45H28N4S/c1-2-14-29(15-3-1)43-46-44(31-17-12-16-30(28-31)32-22-13-23-36-35-20-7-11-27-41(35)50-42(32)36)48-45(47-43)37-21-6-10-26-40(37)49-38-24-8-4-18-33(38)34-19-5-9-25-39(34)49/h1-28H/i4D,5D,18D,24D. The van der Waals surface area contributed by atoms with Crippen LogP contribution in [-0.2, 0) is 0 Å². The Kier molecular flexibility index (Phi) is 5.73. The molecule has 5 heteroatoms. The average Bonchev–Trinajstić information content (AvgIpc) is 3.76. The normalized spacial score (nSPS) is 12.7. The van der Waals surface area contributed by atoms with Gasteiger partial charge in [0.05, 0.1) is 22.2 Å². The lowest BCUT2D eigenvalue weighted by Gasteiger charge is -2.14. The molecule has 234 valence electrons. The summed E-state index contributed by atoms with van der Waals surface area (Å²) in [7, 11) is 0. The first-order valence-corrected chi connectivity index (χ1v) is 17.2. The van der Waals surface area contributed by atoms with Crippen molar-refractivity contribution in [2.75, 3.05) is 0 Å². The van der Waals surface area contributed by atoms with Gasteiger partial charge in [0, 0.05) is 47.6 Å². The van der Waals surface area contributed by atoms with Gasteiger partial charge in [-0.3, -0.25) is 0 Å². The predicted molar refractivity (Wildman–Crippen MR) is 209 cm³/mol. The number of para-hydroxylation sites is 3. The van der Waals surface area contributed by atoms with E-state index in [0.717, 1.165) is 27.8 Å². The third kappa shape index (κ3) is 4.63. The van der Waals surface area contributed by atoms with E-state index in [1.807, 2.05) is 77.4 Å². The largest absolute Gasteiger partial charge is 0.309 e. The Balaban J connectivity index is 1.20. The molecule has 0 aliphatic carbocycles. The van der Waals surface area contributed by atoms with Crippen molar-refractivity contribution in [1.29, 1.82) is 0 Å². The lowest BCUT2D eigenvalue weighted by atomic mass is 10.0. The summed E-state index contributed by atoms with van der Waals surface area (Å²) in [5, 5.41) is 3.61. The van der Waals surface area contributed by atoms with Gasteiger partial charge >= 0.3 is 0 Å². The molecule has 0 amide bonds. The summed E-state index contributed by atoms with van der Waals surface area (Å²) in [6.45, 7) is 0. The van der Waals surface area contributed by atoms with Crippen LogP contribution in [0.25, 0.3) is 93.0 Å². The van der Waals surface area contributed by atoms with Crippen molar-refractivity contribution in [3.05, 3.63) is 170 Å². The minimum Gasteiger partial charge on any atom is -0.309 e. The summed E-state index contributed by atoms with van der Waals surface area (Å²) in [4.78, 5) is 15.3. The van der Waals surface area contributed by atoms with Crippen molar-refractivity contribution in [2.24, 2.45) is 0 Å². The molecule has 3 aromatic heterocycles. The van der Waals surface area contributed by atoms with Crippen LogP contribution in [0, 0.1) is 0 Å². The highest BCUT2D eigenvalue weighted by Gasteiger charge is 2.19. The van der Waals surface area contributed by atoms with E-state index < -0.39 is 0 Å². The van der Waals surface area contributed by atoms with Crippen molar-refractivity contribution >= 4 is 53.3 Å². The molecule has 0 aliphatic rings. The Morgan fingerprint density at radius 3 is 2.12 bits per heavy atom. The molecule has 10 aromatic rings. The second kappa shape index (κ2) is 11.6. The van der Waals surface area contributed by atoms with Gasteiger partial charge in [0.2, 0.25) is 0 Å². The van der Waals surface area contributed by atoms with Gasteiger partial charge in [-0.15, -0.1) is 11.3 Å². The van der Waals surface area contributed by atoms with Crippen LogP contribution in [0.1, 0.15) is 5.48 Å². The molecule has 7 aromatic carbocycles. The van der Waals surface area contributed by atoms with Gasteiger partial charge in [-0.1, -0.05) is 133 Å². The molecular weight excluding hydrogens is 629 g/mol. The minimum absolute atomic E-state index is 0.0212. The van der Waals surface area contributed by atoms with Crippen molar-refractivity contribution in [3.63, 3.8) is 0 Å². The summed E-state index contributed by atoms with van der Waals surface area (Å²) < 4.78 is 39.1. The van der Waals surface area contributed by atoms with Gasteiger partial charge in [0.1, 0.15) is 0 Å². The van der Waals surface area contributed by atoms with E-state index in [-0.39, 0.29) is 24.2 Å². The van der Waals surface area contributed by atoms with Crippen molar-refractivity contribution in [3.8, 4) is 51.0 Å². The Hall–Kier alpha value is -6.43. The van der Waals surface area contributed by atoms with Crippen LogP contribution in [0.2, 0.25) is 0 Å². The maximum atomic E-state index is 9.01. The van der Waals surface area contributed by atoms with Gasteiger partial charge < -0.3 is 4.57 Å². The zero-order valence-electron chi connectivity index (χ0n) is 30.6. The fourth-order valence-electron chi connectivity index (χ4n) is 6.90. The fraction of sp³-hybridized carbons (Fsp3) is 0. The Labute approximate surface area is 298 Å². The SMILES string of the molecule is [2H]c1ccc2c(c1)c1c([2H])c([2H])cc([2H])c1n2-c1ccccc1-c1nc(-c2ccccc2)nc(-c2cccc(-c3cccc4c3sc3ccccc34)c2)n1. The van der Waals surface area contributed by atoms with Gasteiger partial charge in [-0.25, -0.2) is 15.0 Å². The van der Waals surface area contributed by atoms with Gasteiger partial charge in [-0.2, -0.15) is 0 Å². The predicted octanol–water partition coefficient (Wildman–Crippen LogP) is 12.0. The number of fused-ring (bicyclic) bond motifs is 6. The molecule has 0 aliphatic heterocycles. The monoisotopic (exact) mass is 660 g/mol. The summed E-state index contributed by atoms with van der Waals surface area (Å²) >= 11 is 1.80. The third-order valence-corrected chi connectivity index (χ3v) is 10.4. The third-order valence-electron chi connectivity index (χ3n) is 9.18. The molecule has 0 fully saturated rings. The van der Waals surface area contributed by atoms with Crippen molar-refractivity contribution in [2.45, 2.75) is 0 Å². The zero-order chi connectivity index (χ0) is 36.5. The Morgan fingerprint density at radius 2 is 1.18 bits per heavy atom. The quantitative estimate of drug-likeness (QED) is 0.184. The number of hydrogen-bond donors (Lipinski definition) is 0. The van der Waals surface area contributed by atoms with Crippen LogP contribution in [0.3, 0.4) is 0 Å². The van der Waals surface area contributed by atoms with E-state index in [1.54, 1.807) is 23.5 Å². The topological polar surface area (TPSA) is 43.6 Å². The van der Waals surface area contributed by atoms with E-state index >= 15 is 0 Å². The van der Waals surface area contributed by atoms with Crippen LogP contribution in [-0.4, -0.2) is 19.5 Å². The minimum atomic E-state index is -0.0318. The number of rotatable bonds is 5. The van der Waals surface area contributed by atoms with Gasteiger partial charge in [-0.05, 0) is 47.5 Å². The maximum absolute atomic E-state index is 9.01. The van der Waals surface area contributed by atoms with Crippen molar-refractivity contribution < 1.29 is 5.48 Å². The van der Waals surface area contributed by atoms with E-state index in [1.165, 1.54) is 26.2 Å². The van der Waals surface area contributed by atoms with Crippen molar-refractivity contribution in [1.82, 2.24) is 19.5 Å². The highest BCUT2D eigenvalue weighted by atomic mass is 32.1. The molecular formula is C45H28N4S. The maximum Gasteiger partial charge on any atom is 0.166 e. The van der Waals surface area contributed by atoms with E-state index in [2.05, 4.69) is 54.6 Å². The smallest absolute Gasteiger partial charge is 0.166 e. The van der Waals surface area contributed by atoms with Crippen LogP contribution in [0.4, 0.5) is 0 Å². The summed E-state index contributed by atoms with van der Waals surface area (Å²) in [5.41, 5.74) is 6.54. The lowest BCUT2D eigenvalue weighted by Crippen LogP contribution is -2.03. The first-order valence-electron chi connectivity index (χ1n) is 18.4. The Bertz CT molecular complexity index is 3120. The molecule has 10 rings (SSSR count). The van der Waals surface area contributed by atoms with Gasteiger partial charge in [0.15, 0.2) is 17.5 Å². The van der Waals surface area contributed by atoms with E-state index in [0.29, 0.717) is 45.0 Å². The molecule has 3 heterocycles. The number of hydrogen-bond acceptors (Lipinski definition) is 4. The highest BCUT2D eigenvalue weighted by molar-refractivity contribution is 7.26. The number of nitrogens with zero attached hydrogens (tertiary/aromatic N) is 4. The van der Waals surface area contributed by atoms with E-state index in [9.17, 15) is 0 Å². The van der Waals surface area contributed by atoms with Crippen LogP contribution in [0.5, 0.6) is 0 Å². The number of aromatic nitrogens is 4. The first kappa shape index (κ1) is 24.7. The Morgan fingerprint density at radius 1 is 0.460 bits per heavy atom. The number of thiophene rings is 1.